The standard InChI is InChI=1S/C20H25BrN2O5S/c1-5-16(14-10-11-18(27-2)19(12-14)28-3)22-20(24)13-23(29(4,25)26)17-9-7-6-8-15(17)21/h6-12,16H,5,13H2,1-4H3,(H,22,24). The Balaban J connectivity index is 2.23. The number of anilines is 1. The average Bonchev–Trinajstić information content (AvgIpc) is 2.69. The van der Waals surface area contributed by atoms with E-state index in [1.165, 1.54) is 0 Å². The summed E-state index contributed by atoms with van der Waals surface area (Å²) in [5.41, 5.74) is 1.25. The lowest BCUT2D eigenvalue weighted by molar-refractivity contribution is -0.120. The van der Waals surface area contributed by atoms with Crippen molar-refractivity contribution < 1.29 is 22.7 Å². The number of benzene rings is 2. The number of para-hydroxylation sites is 1. The first kappa shape index (κ1) is 23.0. The summed E-state index contributed by atoms with van der Waals surface area (Å²) >= 11 is 3.35. The van der Waals surface area contributed by atoms with Crippen LogP contribution in [0, 0.1) is 0 Å². The number of carbonyl (C=O) groups is 1. The number of amides is 1. The van der Waals surface area contributed by atoms with Crippen LogP contribution in [0.25, 0.3) is 0 Å². The minimum absolute atomic E-state index is 0.303. The fraction of sp³-hybridized carbons (Fsp3) is 0.350. The summed E-state index contributed by atoms with van der Waals surface area (Å²) in [6, 6.07) is 12.0. The van der Waals surface area contributed by atoms with E-state index in [1.807, 2.05) is 13.0 Å². The lowest BCUT2D eigenvalue weighted by Gasteiger charge is -2.25. The summed E-state index contributed by atoms with van der Waals surface area (Å²) in [5, 5.41) is 2.91. The molecule has 0 spiro atoms. The van der Waals surface area contributed by atoms with Crippen LogP contribution in [0.2, 0.25) is 0 Å². The predicted molar refractivity (Wildman–Crippen MR) is 117 cm³/mol. The molecule has 1 unspecified atom stereocenters. The smallest absolute Gasteiger partial charge is 0.241 e. The van der Waals surface area contributed by atoms with Crippen molar-refractivity contribution in [3.63, 3.8) is 0 Å². The minimum atomic E-state index is -3.66. The maximum absolute atomic E-state index is 12.7. The van der Waals surface area contributed by atoms with Crippen molar-refractivity contribution in [2.75, 3.05) is 31.3 Å². The molecule has 0 bridgehead atoms. The van der Waals surface area contributed by atoms with Gasteiger partial charge in [-0.2, -0.15) is 0 Å². The third-order valence-corrected chi connectivity index (χ3v) is 6.16. The van der Waals surface area contributed by atoms with Gasteiger partial charge in [-0.3, -0.25) is 9.10 Å². The number of hydrogen-bond donors (Lipinski definition) is 1. The molecular weight excluding hydrogens is 460 g/mol. The predicted octanol–water partition coefficient (Wildman–Crippen LogP) is 3.50. The molecule has 1 N–H and O–H groups in total. The monoisotopic (exact) mass is 484 g/mol. The van der Waals surface area contributed by atoms with E-state index < -0.39 is 15.9 Å². The zero-order valence-electron chi connectivity index (χ0n) is 16.8. The zero-order chi connectivity index (χ0) is 21.6. The number of hydrogen-bond acceptors (Lipinski definition) is 5. The van der Waals surface area contributed by atoms with Crippen LogP contribution in [0.3, 0.4) is 0 Å². The maximum Gasteiger partial charge on any atom is 0.241 e. The van der Waals surface area contributed by atoms with Crippen molar-refractivity contribution >= 4 is 37.5 Å². The number of nitrogens with zero attached hydrogens (tertiary/aromatic N) is 1. The second-order valence-electron chi connectivity index (χ2n) is 6.36. The first-order valence-electron chi connectivity index (χ1n) is 8.94. The Morgan fingerprint density at radius 3 is 2.34 bits per heavy atom. The highest BCUT2D eigenvalue weighted by Gasteiger charge is 2.24. The molecule has 0 fully saturated rings. The summed E-state index contributed by atoms with van der Waals surface area (Å²) < 4.78 is 36.8. The van der Waals surface area contributed by atoms with E-state index in [0.29, 0.717) is 28.1 Å². The second-order valence-corrected chi connectivity index (χ2v) is 9.12. The van der Waals surface area contributed by atoms with Gasteiger partial charge in [0.2, 0.25) is 15.9 Å². The number of halogens is 1. The first-order chi connectivity index (χ1) is 13.7. The van der Waals surface area contributed by atoms with E-state index in [4.69, 9.17) is 9.47 Å². The highest BCUT2D eigenvalue weighted by Crippen LogP contribution is 2.31. The van der Waals surface area contributed by atoms with E-state index in [0.717, 1.165) is 16.1 Å². The molecule has 2 aromatic carbocycles. The molecule has 2 aromatic rings. The van der Waals surface area contributed by atoms with E-state index in [-0.39, 0.29) is 12.6 Å². The molecule has 29 heavy (non-hydrogen) atoms. The maximum atomic E-state index is 12.7. The minimum Gasteiger partial charge on any atom is -0.493 e. The number of ether oxygens (including phenoxy) is 2. The van der Waals surface area contributed by atoms with Gasteiger partial charge in [-0.25, -0.2) is 8.42 Å². The number of sulfonamides is 1. The third-order valence-electron chi connectivity index (χ3n) is 4.36. The van der Waals surface area contributed by atoms with E-state index >= 15 is 0 Å². The van der Waals surface area contributed by atoms with Crippen LogP contribution in [0.4, 0.5) is 5.69 Å². The summed E-state index contributed by atoms with van der Waals surface area (Å²) in [5.74, 6) is 0.742. The third kappa shape index (κ3) is 5.86. The molecule has 1 atom stereocenters. The molecule has 1 amide bonds. The molecule has 0 aliphatic rings. The van der Waals surface area contributed by atoms with Gasteiger partial charge in [-0.15, -0.1) is 0 Å². The van der Waals surface area contributed by atoms with Crippen LogP contribution in [-0.4, -0.2) is 41.3 Å². The highest BCUT2D eigenvalue weighted by molar-refractivity contribution is 9.10. The van der Waals surface area contributed by atoms with Crippen molar-refractivity contribution in [1.82, 2.24) is 5.32 Å². The zero-order valence-corrected chi connectivity index (χ0v) is 19.2. The van der Waals surface area contributed by atoms with Crippen molar-refractivity contribution in [1.29, 1.82) is 0 Å². The van der Waals surface area contributed by atoms with Crippen LogP contribution in [0.5, 0.6) is 11.5 Å². The lowest BCUT2D eigenvalue weighted by Crippen LogP contribution is -2.41. The Labute approximate surface area is 180 Å². The average molecular weight is 485 g/mol. The van der Waals surface area contributed by atoms with Crippen molar-refractivity contribution in [2.45, 2.75) is 19.4 Å². The summed E-state index contributed by atoms with van der Waals surface area (Å²) in [7, 11) is -0.558. The highest BCUT2D eigenvalue weighted by atomic mass is 79.9. The Hall–Kier alpha value is -2.26. The number of rotatable bonds is 9. The molecule has 0 aromatic heterocycles. The summed E-state index contributed by atoms with van der Waals surface area (Å²) in [6.07, 6.45) is 1.69. The molecule has 0 heterocycles. The van der Waals surface area contributed by atoms with Gasteiger partial charge in [0.25, 0.3) is 0 Å². The molecule has 9 heteroatoms. The first-order valence-corrected chi connectivity index (χ1v) is 11.6. The topological polar surface area (TPSA) is 84.9 Å². The van der Waals surface area contributed by atoms with Gasteiger partial charge >= 0.3 is 0 Å². The van der Waals surface area contributed by atoms with Gasteiger partial charge < -0.3 is 14.8 Å². The summed E-state index contributed by atoms with van der Waals surface area (Å²) in [4.78, 5) is 12.7. The lowest BCUT2D eigenvalue weighted by atomic mass is 10.0. The fourth-order valence-corrected chi connectivity index (χ4v) is 4.38. The Morgan fingerprint density at radius 2 is 1.79 bits per heavy atom. The van der Waals surface area contributed by atoms with Crippen LogP contribution >= 0.6 is 15.9 Å². The number of nitrogens with one attached hydrogen (secondary N) is 1. The molecule has 2 rings (SSSR count). The Bertz CT molecular complexity index is 965. The van der Waals surface area contributed by atoms with Crippen LogP contribution in [0.15, 0.2) is 46.9 Å². The van der Waals surface area contributed by atoms with Crippen molar-refractivity contribution in [3.8, 4) is 11.5 Å². The molecule has 7 nitrogen and oxygen atoms in total. The van der Waals surface area contributed by atoms with Crippen LogP contribution in [0.1, 0.15) is 24.9 Å². The molecular formula is C20H25BrN2O5S. The van der Waals surface area contributed by atoms with E-state index in [1.54, 1.807) is 50.6 Å². The quantitative estimate of drug-likeness (QED) is 0.588. The van der Waals surface area contributed by atoms with Gasteiger partial charge in [0.1, 0.15) is 6.54 Å². The fourth-order valence-electron chi connectivity index (χ4n) is 2.90. The van der Waals surface area contributed by atoms with Gasteiger partial charge in [-0.05, 0) is 52.2 Å². The van der Waals surface area contributed by atoms with Gasteiger partial charge in [0.05, 0.1) is 32.2 Å². The van der Waals surface area contributed by atoms with Gasteiger partial charge in [0, 0.05) is 4.47 Å². The van der Waals surface area contributed by atoms with Crippen molar-refractivity contribution in [3.05, 3.63) is 52.5 Å². The largest absolute Gasteiger partial charge is 0.493 e. The number of methoxy groups -OCH3 is 2. The summed E-state index contributed by atoms with van der Waals surface area (Å²) in [6.45, 7) is 1.61. The normalized spacial score (nSPS) is 12.2. The van der Waals surface area contributed by atoms with E-state index in [9.17, 15) is 13.2 Å². The molecule has 0 saturated carbocycles. The molecule has 0 aliphatic carbocycles. The molecule has 158 valence electrons. The van der Waals surface area contributed by atoms with Crippen LogP contribution < -0.4 is 19.1 Å². The Morgan fingerprint density at radius 1 is 1.14 bits per heavy atom. The second kappa shape index (κ2) is 9.98. The number of carbonyl (C=O) groups excluding carboxylic acids is 1. The van der Waals surface area contributed by atoms with Crippen LogP contribution in [-0.2, 0) is 14.8 Å². The van der Waals surface area contributed by atoms with Crippen molar-refractivity contribution in [2.24, 2.45) is 0 Å². The van der Waals surface area contributed by atoms with Gasteiger partial charge in [0.15, 0.2) is 11.5 Å². The Kier molecular flexibility index (Phi) is 7.92. The molecule has 0 saturated heterocycles. The van der Waals surface area contributed by atoms with E-state index in [2.05, 4.69) is 21.2 Å². The molecule has 0 aliphatic heterocycles. The SMILES string of the molecule is CCC(NC(=O)CN(c1ccccc1Br)S(C)(=O)=O)c1ccc(OC)c(OC)c1. The molecule has 0 radical (unpaired) electrons. The van der Waals surface area contributed by atoms with Gasteiger partial charge in [-0.1, -0.05) is 25.1 Å².